The van der Waals surface area contributed by atoms with Crippen LogP contribution in [0.15, 0.2) is 35.2 Å². The zero-order chi connectivity index (χ0) is 12.3. The summed E-state index contributed by atoms with van der Waals surface area (Å²) in [5.41, 5.74) is 8.17. The number of anilines is 1. The summed E-state index contributed by atoms with van der Waals surface area (Å²) in [7, 11) is 0. The molecule has 0 fully saturated rings. The lowest BCUT2D eigenvalue weighted by Crippen LogP contribution is -2.01. The minimum atomic E-state index is 0.743. The number of thioether (sulfide) groups is 1. The number of rotatable bonds is 4. The number of aryl methyl sites for hydroxylation is 1. The van der Waals surface area contributed by atoms with Gasteiger partial charge in [-0.1, -0.05) is 25.1 Å². The molecular weight excluding hydrogens is 230 g/mol. The Kier molecular flexibility index (Phi) is 3.74. The van der Waals surface area contributed by atoms with Gasteiger partial charge in [0.05, 0.1) is 16.3 Å². The SMILES string of the molecule is CCCSc1c(C)nn(-c2ccccc2)c1N. The first-order valence-electron chi connectivity index (χ1n) is 5.77. The van der Waals surface area contributed by atoms with Crippen LogP contribution in [0.5, 0.6) is 0 Å². The predicted octanol–water partition coefficient (Wildman–Crippen LogP) is 3.27. The van der Waals surface area contributed by atoms with Crippen LogP contribution < -0.4 is 5.73 Å². The summed E-state index contributed by atoms with van der Waals surface area (Å²) in [6.07, 6.45) is 1.14. The van der Waals surface area contributed by atoms with E-state index in [-0.39, 0.29) is 0 Å². The lowest BCUT2D eigenvalue weighted by Gasteiger charge is -2.04. The highest BCUT2D eigenvalue weighted by atomic mass is 32.2. The molecule has 0 unspecified atom stereocenters. The molecule has 2 N–H and O–H groups in total. The zero-order valence-electron chi connectivity index (χ0n) is 10.2. The quantitative estimate of drug-likeness (QED) is 0.843. The molecule has 3 nitrogen and oxygen atoms in total. The van der Waals surface area contributed by atoms with Crippen LogP contribution >= 0.6 is 11.8 Å². The monoisotopic (exact) mass is 247 g/mol. The van der Waals surface area contributed by atoms with Crippen molar-refractivity contribution in [1.82, 2.24) is 9.78 Å². The molecule has 1 aromatic carbocycles. The summed E-state index contributed by atoms with van der Waals surface area (Å²) >= 11 is 1.78. The first-order valence-corrected chi connectivity index (χ1v) is 6.76. The number of nitrogens with zero attached hydrogens (tertiary/aromatic N) is 2. The lowest BCUT2D eigenvalue weighted by atomic mass is 10.3. The topological polar surface area (TPSA) is 43.8 Å². The highest BCUT2D eigenvalue weighted by Gasteiger charge is 2.13. The molecule has 0 aliphatic heterocycles. The van der Waals surface area contributed by atoms with E-state index in [4.69, 9.17) is 5.73 Å². The third-order valence-corrected chi connectivity index (χ3v) is 3.90. The summed E-state index contributed by atoms with van der Waals surface area (Å²) in [5, 5.41) is 4.50. The second-order valence-electron chi connectivity index (χ2n) is 3.90. The van der Waals surface area contributed by atoms with Crippen molar-refractivity contribution in [2.75, 3.05) is 11.5 Å². The molecule has 0 saturated carbocycles. The van der Waals surface area contributed by atoms with Crippen LogP contribution in [0.25, 0.3) is 5.69 Å². The minimum Gasteiger partial charge on any atom is -0.383 e. The van der Waals surface area contributed by atoms with Gasteiger partial charge in [-0.3, -0.25) is 0 Å². The maximum absolute atomic E-state index is 6.16. The summed E-state index contributed by atoms with van der Waals surface area (Å²) in [6, 6.07) is 9.99. The molecule has 4 heteroatoms. The van der Waals surface area contributed by atoms with Crippen LogP contribution in [0, 0.1) is 6.92 Å². The molecule has 0 bridgehead atoms. The Bertz CT molecular complexity index is 491. The number of para-hydroxylation sites is 1. The summed E-state index contributed by atoms with van der Waals surface area (Å²) in [6.45, 7) is 4.17. The Morgan fingerprint density at radius 1 is 1.29 bits per heavy atom. The van der Waals surface area contributed by atoms with Crippen LogP contribution in [0.4, 0.5) is 5.82 Å². The number of hydrogen-bond acceptors (Lipinski definition) is 3. The third kappa shape index (κ3) is 2.47. The molecular formula is C13H17N3S. The Morgan fingerprint density at radius 3 is 2.65 bits per heavy atom. The van der Waals surface area contributed by atoms with Gasteiger partial charge in [0.15, 0.2) is 0 Å². The highest BCUT2D eigenvalue weighted by molar-refractivity contribution is 7.99. The second kappa shape index (κ2) is 5.27. The fraction of sp³-hybridized carbons (Fsp3) is 0.308. The first kappa shape index (κ1) is 12.0. The lowest BCUT2D eigenvalue weighted by molar-refractivity contribution is 0.872. The van der Waals surface area contributed by atoms with Gasteiger partial charge in [0.2, 0.25) is 0 Å². The van der Waals surface area contributed by atoms with E-state index in [0.717, 1.165) is 34.3 Å². The van der Waals surface area contributed by atoms with Gasteiger partial charge < -0.3 is 5.73 Å². The molecule has 17 heavy (non-hydrogen) atoms. The van der Waals surface area contributed by atoms with E-state index >= 15 is 0 Å². The van der Waals surface area contributed by atoms with Crippen molar-refractivity contribution in [3.63, 3.8) is 0 Å². The van der Waals surface area contributed by atoms with E-state index in [1.54, 1.807) is 11.8 Å². The van der Waals surface area contributed by atoms with Crippen LogP contribution in [0.1, 0.15) is 19.0 Å². The van der Waals surface area contributed by atoms with Gasteiger partial charge in [0.1, 0.15) is 5.82 Å². The van der Waals surface area contributed by atoms with E-state index in [1.165, 1.54) is 0 Å². The molecule has 0 saturated heterocycles. The van der Waals surface area contributed by atoms with Gasteiger partial charge >= 0.3 is 0 Å². The first-order chi connectivity index (χ1) is 8.24. The Balaban J connectivity index is 2.37. The Labute approximate surface area is 106 Å². The largest absolute Gasteiger partial charge is 0.383 e. The smallest absolute Gasteiger partial charge is 0.141 e. The number of benzene rings is 1. The Hall–Kier alpha value is -1.42. The maximum Gasteiger partial charge on any atom is 0.141 e. The normalized spacial score (nSPS) is 10.7. The molecule has 0 radical (unpaired) electrons. The highest BCUT2D eigenvalue weighted by Crippen LogP contribution is 2.30. The standard InChI is InChI=1S/C13H17N3S/c1-3-9-17-12-10(2)15-16(13(12)14)11-7-5-4-6-8-11/h4-8H,3,9,14H2,1-2H3. The van der Waals surface area contributed by atoms with Crippen molar-refractivity contribution in [1.29, 1.82) is 0 Å². The van der Waals surface area contributed by atoms with Gasteiger partial charge in [-0.25, -0.2) is 4.68 Å². The predicted molar refractivity (Wildman–Crippen MR) is 73.7 cm³/mol. The minimum absolute atomic E-state index is 0.743. The van der Waals surface area contributed by atoms with Crippen LogP contribution in [0.3, 0.4) is 0 Å². The van der Waals surface area contributed by atoms with E-state index in [1.807, 2.05) is 41.9 Å². The van der Waals surface area contributed by atoms with Crippen molar-refractivity contribution in [3.8, 4) is 5.69 Å². The molecule has 0 amide bonds. The van der Waals surface area contributed by atoms with E-state index in [0.29, 0.717) is 0 Å². The summed E-state index contributed by atoms with van der Waals surface area (Å²) < 4.78 is 1.81. The third-order valence-electron chi connectivity index (χ3n) is 2.49. The van der Waals surface area contributed by atoms with Crippen LogP contribution in [0.2, 0.25) is 0 Å². The molecule has 1 heterocycles. The molecule has 2 rings (SSSR count). The Morgan fingerprint density at radius 2 is 2.00 bits per heavy atom. The fourth-order valence-electron chi connectivity index (χ4n) is 1.68. The van der Waals surface area contributed by atoms with Crippen LogP contribution in [-0.4, -0.2) is 15.5 Å². The number of hydrogen-bond donors (Lipinski definition) is 1. The molecule has 0 atom stereocenters. The average molecular weight is 247 g/mol. The maximum atomic E-state index is 6.16. The van der Waals surface area contributed by atoms with E-state index in [2.05, 4.69) is 12.0 Å². The van der Waals surface area contributed by atoms with Crippen molar-refractivity contribution in [2.45, 2.75) is 25.2 Å². The van der Waals surface area contributed by atoms with E-state index in [9.17, 15) is 0 Å². The number of nitrogen functional groups attached to an aromatic ring is 1. The molecule has 0 spiro atoms. The van der Waals surface area contributed by atoms with Crippen LogP contribution in [-0.2, 0) is 0 Å². The number of aromatic nitrogens is 2. The van der Waals surface area contributed by atoms with Gasteiger partial charge in [0.25, 0.3) is 0 Å². The fourth-order valence-corrected chi connectivity index (χ4v) is 2.57. The van der Waals surface area contributed by atoms with Gasteiger partial charge in [-0.05, 0) is 31.2 Å². The molecule has 0 aliphatic rings. The molecule has 1 aromatic heterocycles. The molecule has 90 valence electrons. The average Bonchev–Trinajstić information content (AvgIpc) is 2.64. The molecule has 0 aliphatic carbocycles. The van der Waals surface area contributed by atoms with Gasteiger partial charge in [-0.15, -0.1) is 11.8 Å². The van der Waals surface area contributed by atoms with Crippen molar-refractivity contribution >= 4 is 17.6 Å². The van der Waals surface area contributed by atoms with Gasteiger partial charge in [-0.2, -0.15) is 5.10 Å². The second-order valence-corrected chi connectivity index (χ2v) is 5.00. The van der Waals surface area contributed by atoms with Crippen molar-refractivity contribution < 1.29 is 0 Å². The van der Waals surface area contributed by atoms with Crippen molar-refractivity contribution in [3.05, 3.63) is 36.0 Å². The van der Waals surface area contributed by atoms with Gasteiger partial charge in [0, 0.05) is 0 Å². The molecule has 2 aromatic rings. The summed E-state index contributed by atoms with van der Waals surface area (Å²) in [4.78, 5) is 1.11. The number of nitrogens with two attached hydrogens (primary N) is 1. The zero-order valence-corrected chi connectivity index (χ0v) is 11.0. The summed E-state index contributed by atoms with van der Waals surface area (Å²) in [5.74, 6) is 1.82. The van der Waals surface area contributed by atoms with E-state index < -0.39 is 0 Å². The van der Waals surface area contributed by atoms with Crippen molar-refractivity contribution in [2.24, 2.45) is 0 Å².